The Morgan fingerprint density at radius 3 is 2.23 bits per heavy atom. The van der Waals surface area contributed by atoms with Crippen molar-refractivity contribution in [1.29, 1.82) is 0 Å². The number of rotatable bonds is 4. The second-order valence-electron chi connectivity index (χ2n) is 10.7. The Morgan fingerprint density at radius 2 is 1.55 bits per heavy atom. The van der Waals surface area contributed by atoms with E-state index in [2.05, 4.69) is 4.90 Å². The number of carbonyl (C=O) groups excluding carboxylic acids is 2. The van der Waals surface area contributed by atoms with Crippen molar-refractivity contribution in [2.24, 2.45) is 23.2 Å². The highest BCUT2D eigenvalue weighted by Crippen LogP contribution is 2.60. The molecule has 168 valence electrons. The van der Waals surface area contributed by atoms with Crippen molar-refractivity contribution in [3.8, 4) is 5.75 Å². The fourth-order valence-corrected chi connectivity index (χ4v) is 7.19. The van der Waals surface area contributed by atoms with Gasteiger partial charge in [-0.3, -0.25) is 9.59 Å². The third kappa shape index (κ3) is 3.96. The Bertz CT molecular complexity index is 829. The molecule has 4 saturated carbocycles. The maximum absolute atomic E-state index is 13.7. The summed E-state index contributed by atoms with van der Waals surface area (Å²) in [6.07, 6.45) is 8.26. The molecule has 0 radical (unpaired) electrons. The normalized spacial score (nSPS) is 32.1. The molecule has 0 unspecified atom stereocenters. The van der Waals surface area contributed by atoms with Crippen LogP contribution in [0, 0.1) is 37.0 Å². The number of hydrogen-bond acceptors (Lipinski definition) is 3. The molecule has 1 aliphatic heterocycles. The van der Waals surface area contributed by atoms with E-state index in [0.29, 0.717) is 25.5 Å². The molecular weight excluding hydrogens is 388 g/mol. The average Bonchev–Trinajstić information content (AvgIpc) is 2.99. The van der Waals surface area contributed by atoms with Crippen LogP contribution in [0.15, 0.2) is 18.2 Å². The van der Waals surface area contributed by atoms with Gasteiger partial charge < -0.3 is 14.5 Å². The van der Waals surface area contributed by atoms with Crippen molar-refractivity contribution in [1.82, 2.24) is 9.80 Å². The molecule has 0 atom stereocenters. The first-order chi connectivity index (χ1) is 14.9. The summed E-state index contributed by atoms with van der Waals surface area (Å²) < 4.78 is 5.84. The fourth-order valence-electron chi connectivity index (χ4n) is 7.19. The summed E-state index contributed by atoms with van der Waals surface area (Å²) in [4.78, 5) is 30.5. The Balaban J connectivity index is 1.18. The molecule has 1 heterocycles. The van der Waals surface area contributed by atoms with Crippen LogP contribution in [-0.4, -0.2) is 54.4 Å². The molecule has 5 heteroatoms. The lowest BCUT2D eigenvalue weighted by atomic mass is 9.49. The number of aryl methyl sites for hydroxylation is 1. The van der Waals surface area contributed by atoms with Crippen LogP contribution in [0.4, 0.5) is 0 Å². The highest BCUT2D eigenvalue weighted by Gasteiger charge is 2.55. The van der Waals surface area contributed by atoms with Crippen LogP contribution in [0.2, 0.25) is 0 Å². The van der Waals surface area contributed by atoms with Crippen molar-refractivity contribution in [2.75, 3.05) is 32.8 Å². The minimum absolute atomic E-state index is 0.0185. The minimum Gasteiger partial charge on any atom is -0.483 e. The highest BCUT2D eigenvalue weighted by molar-refractivity contribution is 5.83. The van der Waals surface area contributed by atoms with Gasteiger partial charge in [0.25, 0.3) is 5.91 Å². The Hall–Kier alpha value is -2.04. The lowest BCUT2D eigenvalue weighted by Gasteiger charge is -2.56. The van der Waals surface area contributed by atoms with E-state index in [0.717, 1.165) is 61.3 Å². The number of carbonyl (C=O) groups is 2. The molecule has 4 bridgehead atoms. The van der Waals surface area contributed by atoms with E-state index in [1.54, 1.807) is 0 Å². The quantitative estimate of drug-likeness (QED) is 0.735. The van der Waals surface area contributed by atoms with Crippen LogP contribution in [0.1, 0.15) is 56.1 Å². The number of nitrogens with zero attached hydrogens (tertiary/aromatic N) is 2. The molecule has 4 aliphatic carbocycles. The summed E-state index contributed by atoms with van der Waals surface area (Å²) in [5.74, 6) is 3.53. The molecular formula is C26H36N2O3. The molecule has 2 amide bonds. The van der Waals surface area contributed by atoms with E-state index in [9.17, 15) is 9.59 Å². The van der Waals surface area contributed by atoms with Gasteiger partial charge in [0.2, 0.25) is 5.91 Å². The molecule has 31 heavy (non-hydrogen) atoms. The molecule has 0 spiro atoms. The van der Waals surface area contributed by atoms with Crippen LogP contribution >= 0.6 is 0 Å². The smallest absolute Gasteiger partial charge is 0.260 e. The number of benzene rings is 1. The first kappa shape index (κ1) is 20.8. The van der Waals surface area contributed by atoms with Gasteiger partial charge in [0.1, 0.15) is 5.75 Å². The maximum atomic E-state index is 13.7. The number of hydrogen-bond donors (Lipinski definition) is 0. The molecule has 5 nitrogen and oxygen atoms in total. The summed E-state index contributed by atoms with van der Waals surface area (Å²) in [7, 11) is 0. The van der Waals surface area contributed by atoms with Crippen molar-refractivity contribution in [3.05, 3.63) is 29.3 Å². The SMILES string of the molecule is Cc1cccc(OCC(=O)N2CCCN(C(=O)C34CC5CC(CC(C5)C3)C4)CC2)c1C. The predicted octanol–water partition coefficient (Wildman–Crippen LogP) is 3.96. The lowest BCUT2D eigenvalue weighted by molar-refractivity contribution is -0.157. The summed E-state index contributed by atoms with van der Waals surface area (Å²) >= 11 is 0. The highest BCUT2D eigenvalue weighted by atomic mass is 16.5. The molecule has 5 aliphatic rings. The Morgan fingerprint density at radius 1 is 0.935 bits per heavy atom. The van der Waals surface area contributed by atoms with Gasteiger partial charge in [-0.2, -0.15) is 0 Å². The van der Waals surface area contributed by atoms with E-state index in [1.807, 2.05) is 36.9 Å². The van der Waals surface area contributed by atoms with Crippen LogP contribution in [0.25, 0.3) is 0 Å². The zero-order valence-electron chi connectivity index (χ0n) is 19.1. The summed E-state index contributed by atoms with van der Waals surface area (Å²) in [5.41, 5.74) is 2.16. The summed E-state index contributed by atoms with van der Waals surface area (Å²) in [5, 5.41) is 0. The van der Waals surface area contributed by atoms with Crippen LogP contribution in [-0.2, 0) is 9.59 Å². The maximum Gasteiger partial charge on any atom is 0.260 e. The van der Waals surface area contributed by atoms with E-state index in [1.165, 1.54) is 24.8 Å². The number of amides is 2. The van der Waals surface area contributed by atoms with Gasteiger partial charge in [0.15, 0.2) is 6.61 Å². The van der Waals surface area contributed by atoms with Gasteiger partial charge in [-0.25, -0.2) is 0 Å². The third-order valence-electron chi connectivity index (χ3n) is 8.53. The molecule has 5 fully saturated rings. The van der Waals surface area contributed by atoms with Gasteiger partial charge in [0, 0.05) is 26.2 Å². The van der Waals surface area contributed by atoms with Gasteiger partial charge in [-0.05, 0) is 93.7 Å². The summed E-state index contributed by atoms with van der Waals surface area (Å²) in [6.45, 7) is 6.90. The minimum atomic E-state index is -0.0836. The standard InChI is InChI=1S/C26H36N2O3/c1-18-5-3-6-23(19(18)2)31-17-24(29)27-7-4-8-28(10-9-27)25(30)26-14-20-11-21(15-26)13-22(12-20)16-26/h3,5-6,20-22H,4,7-17H2,1-2H3. The van der Waals surface area contributed by atoms with Crippen molar-refractivity contribution in [3.63, 3.8) is 0 Å². The van der Waals surface area contributed by atoms with Crippen molar-refractivity contribution >= 4 is 11.8 Å². The van der Waals surface area contributed by atoms with Gasteiger partial charge in [-0.15, -0.1) is 0 Å². The van der Waals surface area contributed by atoms with Crippen molar-refractivity contribution in [2.45, 2.75) is 58.8 Å². The van der Waals surface area contributed by atoms with Crippen LogP contribution in [0.3, 0.4) is 0 Å². The van der Waals surface area contributed by atoms with Crippen molar-refractivity contribution < 1.29 is 14.3 Å². The molecule has 1 aromatic carbocycles. The van der Waals surface area contributed by atoms with Gasteiger partial charge in [-0.1, -0.05) is 12.1 Å². The van der Waals surface area contributed by atoms with Crippen LogP contribution < -0.4 is 4.74 Å². The molecule has 0 N–H and O–H groups in total. The number of ether oxygens (including phenoxy) is 1. The molecule has 1 saturated heterocycles. The van der Waals surface area contributed by atoms with E-state index in [-0.39, 0.29) is 17.9 Å². The van der Waals surface area contributed by atoms with Gasteiger partial charge >= 0.3 is 0 Å². The first-order valence-corrected chi connectivity index (χ1v) is 12.2. The van der Waals surface area contributed by atoms with Gasteiger partial charge in [0.05, 0.1) is 5.41 Å². The molecule has 6 rings (SSSR count). The second-order valence-corrected chi connectivity index (χ2v) is 10.7. The summed E-state index contributed by atoms with van der Waals surface area (Å²) in [6, 6.07) is 5.93. The largest absolute Gasteiger partial charge is 0.483 e. The van der Waals surface area contributed by atoms with E-state index in [4.69, 9.17) is 4.74 Å². The Labute approximate surface area is 186 Å². The predicted molar refractivity (Wildman–Crippen MR) is 120 cm³/mol. The first-order valence-electron chi connectivity index (χ1n) is 12.2. The average molecular weight is 425 g/mol. The van der Waals surface area contributed by atoms with Crippen LogP contribution in [0.5, 0.6) is 5.75 Å². The zero-order chi connectivity index (χ0) is 21.6. The topological polar surface area (TPSA) is 49.9 Å². The Kier molecular flexibility index (Phi) is 5.47. The van der Waals surface area contributed by atoms with E-state index < -0.39 is 0 Å². The second kappa shape index (κ2) is 8.14. The molecule has 0 aromatic heterocycles. The molecule has 1 aromatic rings. The fraction of sp³-hybridized carbons (Fsp3) is 0.692. The zero-order valence-corrected chi connectivity index (χ0v) is 19.1. The lowest BCUT2D eigenvalue weighted by Crippen LogP contribution is -2.55. The third-order valence-corrected chi connectivity index (χ3v) is 8.53. The monoisotopic (exact) mass is 424 g/mol. The van der Waals surface area contributed by atoms with E-state index >= 15 is 0 Å².